The van der Waals surface area contributed by atoms with Gasteiger partial charge < -0.3 is 4.57 Å². The van der Waals surface area contributed by atoms with Crippen LogP contribution in [0.15, 0.2) is 72.8 Å². The van der Waals surface area contributed by atoms with Crippen LogP contribution in [0.25, 0.3) is 32.9 Å². The Labute approximate surface area is 163 Å². The second-order valence-corrected chi connectivity index (χ2v) is 7.50. The van der Waals surface area contributed by atoms with E-state index in [0.29, 0.717) is 6.54 Å². The van der Waals surface area contributed by atoms with Crippen LogP contribution in [0, 0.1) is 6.92 Å². The third-order valence-corrected chi connectivity index (χ3v) is 5.84. The van der Waals surface area contributed by atoms with E-state index in [2.05, 4.69) is 84.3 Å². The second-order valence-electron chi connectivity index (χ2n) is 7.50. The van der Waals surface area contributed by atoms with Crippen LogP contribution in [-0.2, 0) is 13.0 Å². The minimum Gasteiger partial charge on any atom is -0.333 e. The number of benzene rings is 3. The maximum absolute atomic E-state index is 4.99. The molecule has 1 aliphatic carbocycles. The van der Waals surface area contributed by atoms with Crippen molar-refractivity contribution >= 4 is 21.8 Å². The van der Waals surface area contributed by atoms with Gasteiger partial charge in [0.1, 0.15) is 5.82 Å². The van der Waals surface area contributed by atoms with Gasteiger partial charge in [-0.2, -0.15) is 0 Å². The standard InChI is InChI=1S/C25H19N3/c1-16-25-18-9-3-2-8-17(18)14-21(25)27-24(26-16)15-28-22-12-6-4-10-19(22)20-11-5-7-13-23(20)28/h2-13H,14-15H2,1H3. The summed E-state index contributed by atoms with van der Waals surface area (Å²) in [6.45, 7) is 2.79. The van der Waals surface area contributed by atoms with Crippen LogP contribution in [0.1, 0.15) is 22.8 Å². The highest BCUT2D eigenvalue weighted by atomic mass is 15.0. The van der Waals surface area contributed by atoms with Crippen molar-refractivity contribution in [3.05, 3.63) is 95.6 Å². The van der Waals surface area contributed by atoms with Crippen LogP contribution in [-0.4, -0.2) is 14.5 Å². The summed E-state index contributed by atoms with van der Waals surface area (Å²) in [4.78, 5) is 9.89. The van der Waals surface area contributed by atoms with Gasteiger partial charge in [0.05, 0.1) is 12.2 Å². The molecule has 0 atom stereocenters. The van der Waals surface area contributed by atoms with Gasteiger partial charge in [-0.1, -0.05) is 60.7 Å². The molecule has 0 spiro atoms. The first kappa shape index (κ1) is 15.6. The quantitative estimate of drug-likeness (QED) is 0.407. The SMILES string of the molecule is Cc1nc(Cn2c3ccccc3c3ccccc32)nc2c1-c1ccccc1C2. The molecule has 3 aromatic carbocycles. The molecule has 2 aromatic heterocycles. The molecular formula is C25H19N3. The van der Waals surface area contributed by atoms with Gasteiger partial charge in [0, 0.05) is 39.5 Å². The number of para-hydroxylation sites is 2. The van der Waals surface area contributed by atoms with Gasteiger partial charge in [0.15, 0.2) is 0 Å². The first-order valence-corrected chi connectivity index (χ1v) is 9.70. The van der Waals surface area contributed by atoms with E-state index >= 15 is 0 Å². The van der Waals surface area contributed by atoms with E-state index in [1.165, 1.54) is 38.5 Å². The molecule has 0 amide bonds. The molecule has 0 saturated carbocycles. The number of hydrogen-bond acceptors (Lipinski definition) is 2. The summed E-state index contributed by atoms with van der Waals surface area (Å²) in [5, 5.41) is 2.56. The zero-order valence-electron chi connectivity index (χ0n) is 15.7. The minimum absolute atomic E-state index is 0.679. The van der Waals surface area contributed by atoms with Crippen LogP contribution < -0.4 is 0 Å². The van der Waals surface area contributed by atoms with Gasteiger partial charge in [-0.3, -0.25) is 0 Å². The molecule has 0 radical (unpaired) electrons. The Balaban J connectivity index is 1.51. The molecule has 0 fully saturated rings. The first-order valence-electron chi connectivity index (χ1n) is 9.70. The summed E-state index contributed by atoms with van der Waals surface area (Å²) < 4.78 is 2.34. The second kappa shape index (κ2) is 5.77. The monoisotopic (exact) mass is 361 g/mol. The number of fused-ring (bicyclic) bond motifs is 6. The van der Waals surface area contributed by atoms with Gasteiger partial charge >= 0.3 is 0 Å². The molecule has 3 nitrogen and oxygen atoms in total. The van der Waals surface area contributed by atoms with Crippen LogP contribution in [0.3, 0.4) is 0 Å². The predicted octanol–water partition coefficient (Wildman–Crippen LogP) is 5.51. The van der Waals surface area contributed by atoms with Crippen molar-refractivity contribution in [2.75, 3.05) is 0 Å². The van der Waals surface area contributed by atoms with Crippen molar-refractivity contribution in [1.82, 2.24) is 14.5 Å². The molecule has 0 N–H and O–H groups in total. The Bertz CT molecular complexity index is 1320. The van der Waals surface area contributed by atoms with Crippen molar-refractivity contribution in [2.45, 2.75) is 19.9 Å². The van der Waals surface area contributed by atoms with E-state index in [-0.39, 0.29) is 0 Å². The Morgan fingerprint density at radius 2 is 1.43 bits per heavy atom. The number of aromatic nitrogens is 3. The van der Waals surface area contributed by atoms with Crippen LogP contribution in [0.4, 0.5) is 0 Å². The largest absolute Gasteiger partial charge is 0.333 e. The van der Waals surface area contributed by atoms with E-state index in [9.17, 15) is 0 Å². The van der Waals surface area contributed by atoms with E-state index in [1.54, 1.807) is 0 Å². The molecule has 0 bridgehead atoms. The molecule has 0 saturated heterocycles. The normalized spacial score (nSPS) is 12.5. The van der Waals surface area contributed by atoms with Gasteiger partial charge in [-0.25, -0.2) is 9.97 Å². The van der Waals surface area contributed by atoms with Gasteiger partial charge in [-0.05, 0) is 30.2 Å². The molecule has 0 unspecified atom stereocenters. The van der Waals surface area contributed by atoms with Crippen LogP contribution in [0.5, 0.6) is 0 Å². The van der Waals surface area contributed by atoms with E-state index in [4.69, 9.17) is 9.97 Å². The highest BCUT2D eigenvalue weighted by Gasteiger charge is 2.23. The third kappa shape index (κ3) is 2.16. The van der Waals surface area contributed by atoms with Crippen molar-refractivity contribution in [1.29, 1.82) is 0 Å². The summed E-state index contributed by atoms with van der Waals surface area (Å²) in [5.74, 6) is 0.885. The average Bonchev–Trinajstić information content (AvgIpc) is 3.25. The van der Waals surface area contributed by atoms with Crippen molar-refractivity contribution < 1.29 is 0 Å². The summed E-state index contributed by atoms with van der Waals surface area (Å²) in [5.41, 5.74) is 8.56. The summed E-state index contributed by atoms with van der Waals surface area (Å²) in [6, 6.07) is 25.8. The predicted molar refractivity (Wildman–Crippen MR) is 114 cm³/mol. The molecule has 134 valence electrons. The number of aryl methyl sites for hydroxylation is 1. The number of rotatable bonds is 2. The van der Waals surface area contributed by atoms with Crippen LogP contribution in [0.2, 0.25) is 0 Å². The Morgan fingerprint density at radius 3 is 2.18 bits per heavy atom. The Morgan fingerprint density at radius 1 is 0.786 bits per heavy atom. The molecule has 0 aliphatic heterocycles. The summed E-state index contributed by atoms with van der Waals surface area (Å²) in [6.07, 6.45) is 0.898. The van der Waals surface area contributed by atoms with Gasteiger partial charge in [-0.15, -0.1) is 0 Å². The highest BCUT2D eigenvalue weighted by molar-refractivity contribution is 6.08. The fraction of sp³-hybridized carbons (Fsp3) is 0.120. The minimum atomic E-state index is 0.679. The van der Waals surface area contributed by atoms with Crippen LogP contribution >= 0.6 is 0 Å². The average molecular weight is 361 g/mol. The molecule has 5 aromatic rings. The van der Waals surface area contributed by atoms with E-state index < -0.39 is 0 Å². The van der Waals surface area contributed by atoms with E-state index in [0.717, 1.165) is 23.6 Å². The maximum Gasteiger partial charge on any atom is 0.148 e. The first-order chi connectivity index (χ1) is 13.8. The lowest BCUT2D eigenvalue weighted by atomic mass is 10.1. The smallest absolute Gasteiger partial charge is 0.148 e. The van der Waals surface area contributed by atoms with Gasteiger partial charge in [0.2, 0.25) is 0 Å². The molecule has 1 aliphatic rings. The fourth-order valence-corrected chi connectivity index (χ4v) is 4.66. The number of nitrogens with zero attached hydrogens (tertiary/aromatic N) is 3. The molecular weight excluding hydrogens is 342 g/mol. The van der Waals surface area contributed by atoms with E-state index in [1.807, 2.05) is 0 Å². The zero-order chi connectivity index (χ0) is 18.7. The lowest BCUT2D eigenvalue weighted by Crippen LogP contribution is -2.07. The van der Waals surface area contributed by atoms with Crippen molar-refractivity contribution in [3.63, 3.8) is 0 Å². The summed E-state index contributed by atoms with van der Waals surface area (Å²) in [7, 11) is 0. The Kier molecular flexibility index (Phi) is 3.21. The zero-order valence-corrected chi connectivity index (χ0v) is 15.7. The summed E-state index contributed by atoms with van der Waals surface area (Å²) >= 11 is 0. The lowest BCUT2D eigenvalue weighted by molar-refractivity contribution is 0.778. The fourth-order valence-electron chi connectivity index (χ4n) is 4.66. The maximum atomic E-state index is 4.99. The number of hydrogen-bond donors (Lipinski definition) is 0. The Hall–Kier alpha value is -3.46. The lowest BCUT2D eigenvalue weighted by Gasteiger charge is -2.10. The molecule has 6 rings (SSSR count). The molecule has 3 heteroatoms. The topological polar surface area (TPSA) is 30.7 Å². The molecule has 2 heterocycles. The van der Waals surface area contributed by atoms with Crippen molar-refractivity contribution in [3.8, 4) is 11.1 Å². The van der Waals surface area contributed by atoms with Crippen molar-refractivity contribution in [2.24, 2.45) is 0 Å². The third-order valence-electron chi connectivity index (χ3n) is 5.84. The van der Waals surface area contributed by atoms with Gasteiger partial charge in [0.25, 0.3) is 0 Å². The molecule has 28 heavy (non-hydrogen) atoms. The highest BCUT2D eigenvalue weighted by Crippen LogP contribution is 2.37.